The molecular formula is C22H31N3O4S. The lowest BCUT2D eigenvalue weighted by Crippen LogP contribution is -2.37. The van der Waals surface area contributed by atoms with Crippen molar-refractivity contribution in [2.45, 2.75) is 39.3 Å². The zero-order valence-electron chi connectivity index (χ0n) is 18.0. The Hall–Kier alpha value is -2.16. The highest BCUT2D eigenvalue weighted by Crippen LogP contribution is 2.27. The number of rotatable bonds is 8. The number of alkyl carbamates (subject to hydrolysis) is 1. The fourth-order valence-electron chi connectivity index (χ4n) is 2.99. The van der Waals surface area contributed by atoms with Gasteiger partial charge in [0.05, 0.1) is 26.4 Å². The molecular weight excluding hydrogens is 402 g/mol. The van der Waals surface area contributed by atoms with Crippen LogP contribution in [0.4, 0.5) is 4.79 Å². The molecule has 0 unspecified atom stereocenters. The Morgan fingerprint density at radius 1 is 1.23 bits per heavy atom. The van der Waals surface area contributed by atoms with E-state index in [0.29, 0.717) is 13.2 Å². The fraction of sp³-hybridized carbons (Fsp3) is 0.545. The molecule has 1 aromatic carbocycles. The van der Waals surface area contributed by atoms with Crippen molar-refractivity contribution in [1.82, 2.24) is 15.2 Å². The van der Waals surface area contributed by atoms with Gasteiger partial charge in [0.1, 0.15) is 16.4 Å². The van der Waals surface area contributed by atoms with Crippen molar-refractivity contribution in [2.24, 2.45) is 0 Å². The number of morpholine rings is 1. The fourth-order valence-corrected chi connectivity index (χ4v) is 3.85. The number of benzene rings is 1. The van der Waals surface area contributed by atoms with Crippen molar-refractivity contribution in [1.29, 1.82) is 0 Å². The molecule has 1 aliphatic heterocycles. The summed E-state index contributed by atoms with van der Waals surface area (Å²) in [5.74, 6) is 0.865. The third-order valence-electron chi connectivity index (χ3n) is 4.45. The van der Waals surface area contributed by atoms with Gasteiger partial charge < -0.3 is 19.5 Å². The monoisotopic (exact) mass is 433 g/mol. The number of nitrogens with one attached hydrogen (secondary N) is 1. The average molecular weight is 434 g/mol. The molecule has 30 heavy (non-hydrogen) atoms. The highest BCUT2D eigenvalue weighted by Gasteiger charge is 2.16. The standard InChI is InChI=1S/C22H31N3O4S/c1-22(2,3)29-21(26)24-16-19-15-23-20(30-19)17-5-7-18(8-6-17)28-12-4-9-25-10-13-27-14-11-25/h5-8,15H,4,9-14,16H2,1-3H3,(H,24,26). The van der Waals surface area contributed by atoms with E-state index in [0.717, 1.165) is 60.5 Å². The van der Waals surface area contributed by atoms with Crippen LogP contribution in [0.3, 0.4) is 0 Å². The molecule has 0 spiro atoms. The van der Waals surface area contributed by atoms with Crippen molar-refractivity contribution >= 4 is 17.4 Å². The summed E-state index contributed by atoms with van der Waals surface area (Å²) in [6.45, 7) is 11.4. The second-order valence-electron chi connectivity index (χ2n) is 8.17. The molecule has 8 heteroatoms. The average Bonchev–Trinajstić information content (AvgIpc) is 3.19. The first-order chi connectivity index (χ1) is 14.4. The van der Waals surface area contributed by atoms with E-state index in [1.54, 1.807) is 17.5 Å². The molecule has 7 nitrogen and oxygen atoms in total. The van der Waals surface area contributed by atoms with Gasteiger partial charge in [-0.25, -0.2) is 9.78 Å². The van der Waals surface area contributed by atoms with Gasteiger partial charge in [0.25, 0.3) is 0 Å². The van der Waals surface area contributed by atoms with E-state index < -0.39 is 11.7 Å². The molecule has 1 N–H and O–H groups in total. The summed E-state index contributed by atoms with van der Waals surface area (Å²) in [6.07, 6.45) is 2.36. The van der Waals surface area contributed by atoms with Crippen LogP contribution in [-0.2, 0) is 16.0 Å². The molecule has 0 saturated carbocycles. The number of hydrogen-bond donors (Lipinski definition) is 1. The van der Waals surface area contributed by atoms with Crippen LogP contribution in [0.25, 0.3) is 10.6 Å². The number of amides is 1. The maximum absolute atomic E-state index is 11.8. The third-order valence-corrected chi connectivity index (χ3v) is 5.50. The molecule has 3 rings (SSSR count). The lowest BCUT2D eigenvalue weighted by atomic mass is 10.2. The number of ether oxygens (including phenoxy) is 3. The Bertz CT molecular complexity index is 795. The van der Waals surface area contributed by atoms with E-state index >= 15 is 0 Å². The van der Waals surface area contributed by atoms with Crippen molar-refractivity contribution in [3.05, 3.63) is 35.3 Å². The van der Waals surface area contributed by atoms with Crippen molar-refractivity contribution < 1.29 is 19.0 Å². The quantitative estimate of drug-likeness (QED) is 0.636. The Kier molecular flexibility index (Phi) is 8.07. The van der Waals surface area contributed by atoms with Gasteiger partial charge in [-0.05, 0) is 51.5 Å². The van der Waals surface area contributed by atoms with E-state index in [9.17, 15) is 4.79 Å². The minimum atomic E-state index is -0.505. The van der Waals surface area contributed by atoms with Gasteiger partial charge in [-0.3, -0.25) is 4.90 Å². The Labute approximate surface area is 182 Å². The maximum atomic E-state index is 11.8. The molecule has 0 atom stereocenters. The van der Waals surface area contributed by atoms with E-state index in [4.69, 9.17) is 14.2 Å². The lowest BCUT2D eigenvalue weighted by molar-refractivity contribution is 0.0358. The van der Waals surface area contributed by atoms with Crippen molar-refractivity contribution in [3.8, 4) is 16.3 Å². The maximum Gasteiger partial charge on any atom is 0.407 e. The number of thiazole rings is 1. The van der Waals surface area contributed by atoms with Gasteiger partial charge >= 0.3 is 6.09 Å². The van der Waals surface area contributed by atoms with Gasteiger partial charge in [0.15, 0.2) is 0 Å². The van der Waals surface area contributed by atoms with E-state index in [1.165, 1.54) is 0 Å². The highest BCUT2D eigenvalue weighted by molar-refractivity contribution is 7.15. The third kappa shape index (κ3) is 7.59. The molecule has 1 aromatic heterocycles. The van der Waals surface area contributed by atoms with Crippen LogP contribution in [0, 0.1) is 0 Å². The Balaban J connectivity index is 1.41. The van der Waals surface area contributed by atoms with Crippen LogP contribution < -0.4 is 10.1 Å². The second-order valence-corrected chi connectivity index (χ2v) is 9.28. The first-order valence-corrected chi connectivity index (χ1v) is 11.2. The Morgan fingerprint density at radius 2 is 1.97 bits per heavy atom. The molecule has 2 heterocycles. The molecule has 0 bridgehead atoms. The molecule has 1 amide bonds. The summed E-state index contributed by atoms with van der Waals surface area (Å²) in [4.78, 5) is 19.6. The van der Waals surface area contributed by atoms with Crippen LogP contribution in [0.5, 0.6) is 5.75 Å². The van der Waals surface area contributed by atoms with Gasteiger partial charge in [0.2, 0.25) is 0 Å². The molecule has 2 aromatic rings. The van der Waals surface area contributed by atoms with Crippen LogP contribution in [0.15, 0.2) is 30.5 Å². The first kappa shape index (κ1) is 22.5. The minimum Gasteiger partial charge on any atom is -0.494 e. The smallest absolute Gasteiger partial charge is 0.407 e. The number of aromatic nitrogens is 1. The number of carbonyl (C=O) groups excluding carboxylic acids is 1. The topological polar surface area (TPSA) is 72.9 Å². The molecule has 0 radical (unpaired) electrons. The zero-order valence-corrected chi connectivity index (χ0v) is 18.8. The molecule has 1 fully saturated rings. The summed E-state index contributed by atoms with van der Waals surface area (Å²) in [6, 6.07) is 7.98. The van der Waals surface area contributed by atoms with Crippen LogP contribution >= 0.6 is 11.3 Å². The molecule has 1 aliphatic rings. The predicted octanol–water partition coefficient (Wildman–Crippen LogP) is 3.94. The molecule has 0 aliphatic carbocycles. The van der Waals surface area contributed by atoms with Crippen molar-refractivity contribution in [2.75, 3.05) is 39.5 Å². The van der Waals surface area contributed by atoms with E-state index in [-0.39, 0.29) is 0 Å². The SMILES string of the molecule is CC(C)(C)OC(=O)NCc1cnc(-c2ccc(OCCCN3CCOCC3)cc2)s1. The van der Waals surface area contributed by atoms with Gasteiger partial charge in [0, 0.05) is 36.3 Å². The van der Waals surface area contributed by atoms with Gasteiger partial charge in [-0.15, -0.1) is 11.3 Å². The normalized spacial score (nSPS) is 15.0. The van der Waals surface area contributed by atoms with Gasteiger partial charge in [-0.1, -0.05) is 0 Å². The summed E-state index contributed by atoms with van der Waals surface area (Å²) < 4.78 is 16.5. The predicted molar refractivity (Wildman–Crippen MR) is 118 cm³/mol. The van der Waals surface area contributed by atoms with Crippen molar-refractivity contribution in [3.63, 3.8) is 0 Å². The largest absolute Gasteiger partial charge is 0.494 e. The zero-order chi connectivity index (χ0) is 21.4. The second kappa shape index (κ2) is 10.7. The van der Waals surface area contributed by atoms with Gasteiger partial charge in [-0.2, -0.15) is 0 Å². The van der Waals surface area contributed by atoms with Crippen LogP contribution in [0.2, 0.25) is 0 Å². The summed E-state index contributed by atoms with van der Waals surface area (Å²) in [5.41, 5.74) is 0.527. The lowest BCUT2D eigenvalue weighted by Gasteiger charge is -2.26. The van der Waals surface area contributed by atoms with Crippen LogP contribution in [0.1, 0.15) is 32.1 Å². The number of carbonyl (C=O) groups is 1. The Morgan fingerprint density at radius 3 is 2.67 bits per heavy atom. The summed E-state index contributed by atoms with van der Waals surface area (Å²) in [5, 5.41) is 3.67. The highest BCUT2D eigenvalue weighted by atomic mass is 32.1. The summed E-state index contributed by atoms with van der Waals surface area (Å²) in [7, 11) is 0. The molecule has 1 saturated heterocycles. The minimum absolute atomic E-state index is 0.400. The summed E-state index contributed by atoms with van der Waals surface area (Å²) >= 11 is 1.55. The number of nitrogens with zero attached hydrogens (tertiary/aromatic N) is 2. The molecule has 164 valence electrons. The number of hydrogen-bond acceptors (Lipinski definition) is 7. The van der Waals surface area contributed by atoms with E-state index in [2.05, 4.69) is 15.2 Å². The van der Waals surface area contributed by atoms with E-state index in [1.807, 2.05) is 45.0 Å². The van der Waals surface area contributed by atoms with Crippen LogP contribution in [-0.4, -0.2) is 61.0 Å². The first-order valence-electron chi connectivity index (χ1n) is 10.3.